The Morgan fingerprint density at radius 2 is 1.88 bits per heavy atom. The Balaban J connectivity index is 1.44. The van der Waals surface area contributed by atoms with E-state index in [-0.39, 0.29) is 4.90 Å². The van der Waals surface area contributed by atoms with E-state index in [1.807, 2.05) is 18.0 Å². The maximum Gasteiger partial charge on any atom is 0.406 e. The van der Waals surface area contributed by atoms with Crippen LogP contribution in [0.5, 0.6) is 5.75 Å². The van der Waals surface area contributed by atoms with Crippen LogP contribution in [0.4, 0.5) is 28.9 Å². The van der Waals surface area contributed by atoms with Gasteiger partial charge in [0.05, 0.1) is 39.8 Å². The van der Waals surface area contributed by atoms with E-state index in [1.54, 1.807) is 36.4 Å². The lowest BCUT2D eigenvalue weighted by atomic mass is 10.0. The third kappa shape index (κ3) is 6.68. The normalized spacial score (nSPS) is 18.4. The van der Waals surface area contributed by atoms with Crippen molar-refractivity contribution < 1.29 is 30.7 Å². The summed E-state index contributed by atoms with van der Waals surface area (Å²) in [4.78, 5) is 3.56. The van der Waals surface area contributed by atoms with Crippen molar-refractivity contribution in [2.45, 2.75) is 42.8 Å². The lowest BCUT2D eigenvalue weighted by Gasteiger charge is -2.33. The number of nitrogens with zero attached hydrogens (tertiary/aromatic N) is 2. The molecule has 0 amide bonds. The molecule has 1 aliphatic heterocycles. The smallest absolute Gasteiger partial charge is 0.406 e. The summed E-state index contributed by atoms with van der Waals surface area (Å²) in [6.07, 6.45) is -3.83. The molecular formula is C29H32F4N4O3S2. The summed E-state index contributed by atoms with van der Waals surface area (Å²) in [7, 11) is -0.0973. The Morgan fingerprint density at radius 1 is 1.10 bits per heavy atom. The predicted molar refractivity (Wildman–Crippen MR) is 159 cm³/mol. The van der Waals surface area contributed by atoms with Crippen molar-refractivity contribution in [3.05, 3.63) is 59.5 Å². The zero-order valence-electron chi connectivity index (χ0n) is 23.3. The molecule has 0 aliphatic carbocycles. The number of ether oxygens (including phenoxy) is 1. The largest absolute Gasteiger partial charge is 0.495 e. The van der Waals surface area contributed by atoms with Crippen LogP contribution < -0.4 is 15.4 Å². The molecule has 3 heterocycles. The number of piperidine rings is 1. The molecule has 13 heteroatoms. The minimum atomic E-state index is -4.45. The highest BCUT2D eigenvalue weighted by Gasteiger charge is 2.32. The minimum Gasteiger partial charge on any atom is -0.495 e. The fourth-order valence-corrected chi connectivity index (χ4v) is 6.83. The first-order valence-corrected chi connectivity index (χ1v) is 16.0. The van der Waals surface area contributed by atoms with E-state index in [4.69, 9.17) is 4.74 Å². The molecule has 1 saturated heterocycles. The Hall–Kier alpha value is -3.29. The first kappa shape index (κ1) is 30.2. The molecule has 42 heavy (non-hydrogen) atoms. The van der Waals surface area contributed by atoms with Crippen LogP contribution in [0, 0.1) is 0 Å². The first-order chi connectivity index (χ1) is 19.8. The summed E-state index contributed by atoms with van der Waals surface area (Å²) < 4.78 is 86.4. The number of nitrogens with one attached hydrogen (secondary N) is 2. The maximum absolute atomic E-state index is 14.8. The van der Waals surface area contributed by atoms with Crippen molar-refractivity contribution in [3.63, 3.8) is 0 Å². The predicted octanol–water partition coefficient (Wildman–Crippen LogP) is 6.41. The second-order valence-corrected chi connectivity index (χ2v) is 13.7. The average molecular weight is 625 g/mol. The second-order valence-electron chi connectivity index (χ2n) is 10.5. The lowest BCUT2D eigenvalue weighted by Crippen LogP contribution is -2.46. The second kappa shape index (κ2) is 11.8. The number of likely N-dealkylation sites (tertiary alicyclic amines) is 1. The first-order valence-electron chi connectivity index (χ1n) is 13.3. The van der Waals surface area contributed by atoms with Gasteiger partial charge in [0.25, 0.3) is 0 Å². The van der Waals surface area contributed by atoms with Crippen LogP contribution in [-0.2, 0) is 22.9 Å². The van der Waals surface area contributed by atoms with Crippen LogP contribution >= 0.6 is 11.3 Å². The molecule has 2 atom stereocenters. The molecule has 0 unspecified atom stereocenters. The standard InChI is InChI=1S/C29H32F4N4O3S2/c1-36-12-11-23(21(30)16-36)35-22-5-4-6-25-20(22)14-26(37(25)17-29(31,32)33)28-10-7-18(41-28)15-34-24-9-8-19(42(3,38)39)13-27(24)40-2/h4-10,13-14,21,23,34-35H,11-12,15-17H2,1-3H3/t21-,23+/m0/s1. The molecule has 5 rings (SSSR count). The summed E-state index contributed by atoms with van der Waals surface area (Å²) >= 11 is 1.35. The lowest BCUT2D eigenvalue weighted by molar-refractivity contribution is -0.139. The number of hydrogen-bond acceptors (Lipinski definition) is 7. The van der Waals surface area contributed by atoms with Crippen molar-refractivity contribution in [1.82, 2.24) is 9.47 Å². The summed E-state index contributed by atoms with van der Waals surface area (Å²) in [5.41, 5.74) is 2.03. The van der Waals surface area contributed by atoms with E-state index in [0.717, 1.165) is 17.7 Å². The van der Waals surface area contributed by atoms with Crippen molar-refractivity contribution in [1.29, 1.82) is 0 Å². The molecule has 1 aliphatic rings. The molecule has 2 N–H and O–H groups in total. The third-order valence-corrected chi connectivity index (χ3v) is 9.55. The summed E-state index contributed by atoms with van der Waals surface area (Å²) in [6, 6.07) is 14.6. The van der Waals surface area contributed by atoms with Crippen LogP contribution in [0.2, 0.25) is 0 Å². The topological polar surface area (TPSA) is 75.6 Å². The molecule has 0 spiro atoms. The number of alkyl halides is 4. The van der Waals surface area contributed by atoms with E-state index in [0.29, 0.717) is 58.1 Å². The van der Waals surface area contributed by atoms with Gasteiger partial charge in [0.1, 0.15) is 18.5 Å². The van der Waals surface area contributed by atoms with Crippen molar-refractivity contribution in [2.24, 2.45) is 0 Å². The SMILES string of the molecule is COc1cc(S(C)(=O)=O)ccc1NCc1ccc(-c2cc3c(N[C@@H]4CCN(C)C[C@@H]4F)cccc3n2CC(F)(F)F)s1. The summed E-state index contributed by atoms with van der Waals surface area (Å²) in [5, 5.41) is 7.09. The number of rotatable bonds is 9. The Kier molecular flexibility index (Phi) is 8.46. The number of thiophene rings is 1. The van der Waals surface area contributed by atoms with E-state index in [1.165, 1.54) is 35.1 Å². The monoisotopic (exact) mass is 624 g/mol. The molecule has 7 nitrogen and oxygen atoms in total. The number of fused-ring (bicyclic) bond motifs is 1. The summed E-state index contributed by atoms with van der Waals surface area (Å²) in [5.74, 6) is 0.361. The average Bonchev–Trinajstić information content (AvgIpc) is 3.53. The van der Waals surface area contributed by atoms with E-state index in [9.17, 15) is 26.0 Å². The van der Waals surface area contributed by atoms with Gasteiger partial charge in [-0.25, -0.2) is 12.8 Å². The van der Waals surface area contributed by atoms with Gasteiger partial charge in [-0.15, -0.1) is 11.3 Å². The number of benzene rings is 2. The van der Waals surface area contributed by atoms with Gasteiger partial charge in [-0.3, -0.25) is 0 Å². The fourth-order valence-electron chi connectivity index (χ4n) is 5.22. The summed E-state index contributed by atoms with van der Waals surface area (Å²) in [6.45, 7) is 0.214. The van der Waals surface area contributed by atoms with Crippen molar-refractivity contribution in [3.8, 4) is 16.3 Å². The number of methoxy groups -OCH3 is 1. The molecule has 2 aromatic carbocycles. The number of sulfone groups is 1. The van der Waals surface area contributed by atoms with Crippen LogP contribution in [0.25, 0.3) is 21.5 Å². The molecule has 0 radical (unpaired) electrons. The molecule has 226 valence electrons. The number of hydrogen-bond donors (Lipinski definition) is 2. The van der Waals surface area contributed by atoms with Crippen LogP contribution in [-0.4, -0.2) is 69.8 Å². The van der Waals surface area contributed by atoms with Crippen molar-refractivity contribution in [2.75, 3.05) is 44.1 Å². The zero-order chi connectivity index (χ0) is 30.2. The van der Waals surface area contributed by atoms with Gasteiger partial charge >= 0.3 is 6.18 Å². The van der Waals surface area contributed by atoms with Gasteiger partial charge in [-0.05, 0) is 55.9 Å². The van der Waals surface area contributed by atoms with Gasteiger partial charge in [0.15, 0.2) is 9.84 Å². The third-order valence-electron chi connectivity index (χ3n) is 7.34. The van der Waals surface area contributed by atoms with Crippen LogP contribution in [0.3, 0.4) is 0 Å². The maximum atomic E-state index is 14.8. The highest BCUT2D eigenvalue weighted by molar-refractivity contribution is 7.90. The Morgan fingerprint density at radius 3 is 2.57 bits per heavy atom. The zero-order valence-corrected chi connectivity index (χ0v) is 25.0. The number of anilines is 2. The van der Waals surface area contributed by atoms with Gasteiger partial charge in [-0.2, -0.15) is 13.2 Å². The Bertz CT molecular complexity index is 1680. The van der Waals surface area contributed by atoms with E-state index < -0.39 is 34.8 Å². The quantitative estimate of drug-likeness (QED) is 0.210. The van der Waals surface area contributed by atoms with Crippen LogP contribution in [0.1, 0.15) is 11.3 Å². The number of halogens is 4. The van der Waals surface area contributed by atoms with Crippen LogP contribution in [0.15, 0.2) is 59.5 Å². The van der Waals surface area contributed by atoms with Gasteiger partial charge < -0.3 is 24.8 Å². The van der Waals surface area contributed by atoms with Crippen molar-refractivity contribution >= 4 is 43.5 Å². The fraction of sp³-hybridized carbons (Fsp3) is 0.379. The highest BCUT2D eigenvalue weighted by atomic mass is 32.2. The van der Waals surface area contributed by atoms with E-state index in [2.05, 4.69) is 10.6 Å². The molecule has 1 fully saturated rings. The molecule has 0 bridgehead atoms. The molecule has 2 aromatic heterocycles. The number of aromatic nitrogens is 1. The minimum absolute atomic E-state index is 0.132. The van der Waals surface area contributed by atoms with E-state index >= 15 is 0 Å². The van der Waals surface area contributed by atoms with Gasteiger partial charge in [0.2, 0.25) is 0 Å². The molecule has 0 saturated carbocycles. The molecule has 4 aromatic rings. The Labute approximate surface area is 246 Å². The molecular weight excluding hydrogens is 592 g/mol. The highest BCUT2D eigenvalue weighted by Crippen LogP contribution is 2.38. The van der Waals surface area contributed by atoms with Gasteiger partial charge in [-0.1, -0.05) is 6.07 Å². The van der Waals surface area contributed by atoms with Gasteiger partial charge in [0, 0.05) is 47.9 Å².